The van der Waals surface area contributed by atoms with Gasteiger partial charge in [0.2, 0.25) is 5.91 Å². The molecule has 6 nitrogen and oxygen atoms in total. The molecule has 0 aromatic heterocycles. The van der Waals surface area contributed by atoms with Crippen molar-refractivity contribution in [1.82, 2.24) is 10.6 Å². The van der Waals surface area contributed by atoms with Gasteiger partial charge in [0.05, 0.1) is 6.61 Å². The zero-order valence-corrected chi connectivity index (χ0v) is 12.7. The highest BCUT2D eigenvalue weighted by Crippen LogP contribution is 2.06. The highest BCUT2D eigenvalue weighted by molar-refractivity contribution is 5.85. The van der Waals surface area contributed by atoms with Crippen LogP contribution in [-0.2, 0) is 14.3 Å². The van der Waals surface area contributed by atoms with Gasteiger partial charge in [-0.2, -0.15) is 0 Å². The van der Waals surface area contributed by atoms with E-state index >= 15 is 0 Å². The molecule has 0 heterocycles. The summed E-state index contributed by atoms with van der Waals surface area (Å²) in [5, 5.41) is 5.23. The first-order valence-corrected chi connectivity index (χ1v) is 6.53. The molecule has 0 bridgehead atoms. The van der Waals surface area contributed by atoms with E-state index in [0.29, 0.717) is 13.2 Å². The Bertz CT molecular complexity index is 300. The van der Waals surface area contributed by atoms with Gasteiger partial charge in [-0.15, -0.1) is 0 Å². The van der Waals surface area contributed by atoms with Crippen LogP contribution in [0, 0.1) is 0 Å². The second-order valence-corrected chi connectivity index (χ2v) is 5.44. The minimum atomic E-state index is -0.654. The molecule has 0 radical (unpaired) electrons. The Balaban J connectivity index is 4.09. The standard InChI is InChI=1S/C13H26N2O4/c1-7-18-8-9(2)14-11(16)10(3)15-12(17)19-13(4,5)6/h9-10H,7-8H2,1-6H3,(H,14,16)(H,15,17). The number of alkyl carbamates (subject to hydrolysis) is 1. The van der Waals surface area contributed by atoms with Crippen molar-refractivity contribution in [3.8, 4) is 0 Å². The van der Waals surface area contributed by atoms with Crippen LogP contribution in [0.25, 0.3) is 0 Å². The maximum Gasteiger partial charge on any atom is 0.408 e. The van der Waals surface area contributed by atoms with Gasteiger partial charge in [0.25, 0.3) is 0 Å². The van der Waals surface area contributed by atoms with E-state index in [1.807, 2.05) is 13.8 Å². The largest absolute Gasteiger partial charge is 0.444 e. The molecule has 0 aliphatic rings. The van der Waals surface area contributed by atoms with Gasteiger partial charge in [0.15, 0.2) is 0 Å². The van der Waals surface area contributed by atoms with E-state index in [-0.39, 0.29) is 11.9 Å². The molecular formula is C13H26N2O4. The Labute approximate surface area is 115 Å². The van der Waals surface area contributed by atoms with Gasteiger partial charge in [0.1, 0.15) is 11.6 Å². The summed E-state index contributed by atoms with van der Waals surface area (Å²) in [4.78, 5) is 23.3. The van der Waals surface area contributed by atoms with Crippen LogP contribution in [0.2, 0.25) is 0 Å². The predicted octanol–water partition coefficient (Wildman–Crippen LogP) is 1.44. The summed E-state index contributed by atoms with van der Waals surface area (Å²) in [6.45, 7) is 11.7. The van der Waals surface area contributed by atoms with Gasteiger partial charge in [-0.1, -0.05) is 0 Å². The molecule has 2 amide bonds. The summed E-state index contributed by atoms with van der Waals surface area (Å²) >= 11 is 0. The van der Waals surface area contributed by atoms with Crippen molar-refractivity contribution in [1.29, 1.82) is 0 Å². The molecule has 0 saturated carbocycles. The van der Waals surface area contributed by atoms with Crippen LogP contribution in [0.3, 0.4) is 0 Å². The lowest BCUT2D eigenvalue weighted by atomic mass is 10.2. The van der Waals surface area contributed by atoms with E-state index in [1.54, 1.807) is 27.7 Å². The van der Waals surface area contributed by atoms with Crippen molar-refractivity contribution in [2.24, 2.45) is 0 Å². The van der Waals surface area contributed by atoms with Crippen LogP contribution in [0.15, 0.2) is 0 Å². The van der Waals surface area contributed by atoms with Crippen LogP contribution < -0.4 is 10.6 Å². The predicted molar refractivity (Wildman–Crippen MR) is 72.9 cm³/mol. The van der Waals surface area contributed by atoms with Crippen LogP contribution in [0.4, 0.5) is 4.79 Å². The first kappa shape index (κ1) is 17.7. The zero-order valence-electron chi connectivity index (χ0n) is 12.7. The Morgan fingerprint density at radius 2 is 1.74 bits per heavy atom. The normalized spacial score (nSPS) is 14.4. The third-order valence-corrected chi connectivity index (χ3v) is 2.09. The topological polar surface area (TPSA) is 76.7 Å². The molecule has 19 heavy (non-hydrogen) atoms. The number of carbonyl (C=O) groups excluding carboxylic acids is 2. The van der Waals surface area contributed by atoms with E-state index < -0.39 is 17.7 Å². The summed E-state index contributed by atoms with van der Waals surface area (Å²) in [6, 6.07) is -0.755. The Kier molecular flexibility index (Phi) is 7.44. The molecule has 0 aromatic carbocycles. The fraction of sp³-hybridized carbons (Fsp3) is 0.846. The fourth-order valence-corrected chi connectivity index (χ4v) is 1.25. The van der Waals surface area contributed by atoms with Crippen molar-refractivity contribution in [2.45, 2.75) is 59.2 Å². The lowest BCUT2D eigenvalue weighted by Gasteiger charge is -2.22. The molecule has 2 unspecified atom stereocenters. The van der Waals surface area contributed by atoms with Crippen molar-refractivity contribution < 1.29 is 19.1 Å². The highest BCUT2D eigenvalue weighted by Gasteiger charge is 2.21. The monoisotopic (exact) mass is 274 g/mol. The molecule has 2 atom stereocenters. The van der Waals surface area contributed by atoms with Gasteiger partial charge >= 0.3 is 6.09 Å². The van der Waals surface area contributed by atoms with Crippen LogP contribution >= 0.6 is 0 Å². The second-order valence-electron chi connectivity index (χ2n) is 5.44. The molecule has 0 rings (SSSR count). The van der Waals surface area contributed by atoms with E-state index in [9.17, 15) is 9.59 Å². The molecule has 112 valence electrons. The average Bonchev–Trinajstić information content (AvgIpc) is 2.23. The molecule has 0 aliphatic heterocycles. The lowest BCUT2D eigenvalue weighted by Crippen LogP contribution is -2.49. The van der Waals surface area contributed by atoms with Crippen LogP contribution in [0.5, 0.6) is 0 Å². The molecule has 2 N–H and O–H groups in total. The molecule has 0 spiro atoms. The average molecular weight is 274 g/mol. The molecular weight excluding hydrogens is 248 g/mol. The first-order chi connectivity index (χ1) is 8.65. The van der Waals surface area contributed by atoms with Crippen molar-refractivity contribution in [2.75, 3.05) is 13.2 Å². The van der Waals surface area contributed by atoms with Gasteiger partial charge in [-0.3, -0.25) is 4.79 Å². The Morgan fingerprint density at radius 1 is 1.16 bits per heavy atom. The molecule has 0 fully saturated rings. The second kappa shape index (κ2) is 7.99. The zero-order chi connectivity index (χ0) is 15.1. The van der Waals surface area contributed by atoms with Gasteiger partial charge in [0, 0.05) is 12.6 Å². The van der Waals surface area contributed by atoms with Crippen LogP contribution in [-0.4, -0.2) is 42.9 Å². The maximum absolute atomic E-state index is 11.8. The smallest absolute Gasteiger partial charge is 0.408 e. The molecule has 6 heteroatoms. The summed E-state index contributed by atoms with van der Waals surface area (Å²) in [5.41, 5.74) is -0.581. The minimum absolute atomic E-state index is 0.102. The van der Waals surface area contributed by atoms with Crippen molar-refractivity contribution in [3.63, 3.8) is 0 Å². The van der Waals surface area contributed by atoms with Crippen molar-refractivity contribution in [3.05, 3.63) is 0 Å². The molecule has 0 aliphatic carbocycles. The highest BCUT2D eigenvalue weighted by atomic mass is 16.6. The number of hydrogen-bond donors (Lipinski definition) is 2. The lowest BCUT2D eigenvalue weighted by molar-refractivity contribution is -0.123. The maximum atomic E-state index is 11.8. The molecule has 0 saturated heterocycles. The van der Waals surface area contributed by atoms with Crippen molar-refractivity contribution >= 4 is 12.0 Å². The Morgan fingerprint density at radius 3 is 2.21 bits per heavy atom. The summed E-state index contributed by atoms with van der Waals surface area (Å²) in [7, 11) is 0. The van der Waals surface area contributed by atoms with E-state index in [1.165, 1.54) is 0 Å². The third kappa shape index (κ3) is 9.30. The van der Waals surface area contributed by atoms with Gasteiger partial charge in [-0.25, -0.2) is 4.79 Å². The minimum Gasteiger partial charge on any atom is -0.444 e. The number of ether oxygens (including phenoxy) is 2. The first-order valence-electron chi connectivity index (χ1n) is 6.53. The summed E-state index contributed by atoms with van der Waals surface area (Å²) in [6.07, 6.45) is -0.604. The molecule has 0 aromatic rings. The summed E-state index contributed by atoms with van der Waals surface area (Å²) in [5.74, 6) is -0.266. The Hall–Kier alpha value is -1.30. The van der Waals surface area contributed by atoms with Gasteiger partial charge in [-0.05, 0) is 41.5 Å². The van der Waals surface area contributed by atoms with E-state index in [2.05, 4.69) is 10.6 Å². The number of rotatable bonds is 6. The van der Waals surface area contributed by atoms with Gasteiger partial charge < -0.3 is 20.1 Å². The number of nitrogens with one attached hydrogen (secondary N) is 2. The number of hydrogen-bond acceptors (Lipinski definition) is 4. The third-order valence-electron chi connectivity index (χ3n) is 2.09. The number of amides is 2. The fourth-order valence-electron chi connectivity index (χ4n) is 1.25. The van der Waals surface area contributed by atoms with E-state index in [0.717, 1.165) is 0 Å². The summed E-state index contributed by atoms with van der Waals surface area (Å²) < 4.78 is 10.3. The quantitative estimate of drug-likeness (QED) is 0.768. The van der Waals surface area contributed by atoms with E-state index in [4.69, 9.17) is 9.47 Å². The number of carbonyl (C=O) groups is 2. The van der Waals surface area contributed by atoms with Crippen LogP contribution in [0.1, 0.15) is 41.5 Å². The SMILES string of the molecule is CCOCC(C)NC(=O)C(C)NC(=O)OC(C)(C)C.